The van der Waals surface area contributed by atoms with E-state index in [1.54, 1.807) is 38.1 Å². The van der Waals surface area contributed by atoms with Gasteiger partial charge in [0.25, 0.3) is 5.91 Å². The van der Waals surface area contributed by atoms with E-state index in [2.05, 4.69) is 10.3 Å². The predicted octanol–water partition coefficient (Wildman–Crippen LogP) is 3.95. The molecule has 0 atom stereocenters. The van der Waals surface area contributed by atoms with E-state index in [-0.39, 0.29) is 17.5 Å². The Morgan fingerprint density at radius 2 is 1.93 bits per heavy atom. The van der Waals surface area contributed by atoms with Crippen LogP contribution in [0.3, 0.4) is 0 Å². The van der Waals surface area contributed by atoms with Crippen molar-refractivity contribution in [2.45, 2.75) is 38.8 Å². The third kappa shape index (κ3) is 5.22. The van der Waals surface area contributed by atoms with Crippen LogP contribution in [0.2, 0.25) is 5.02 Å². The van der Waals surface area contributed by atoms with Crippen molar-refractivity contribution >= 4 is 28.4 Å². The minimum absolute atomic E-state index is 0.0921. The Balaban J connectivity index is 1.88. The molecule has 0 aliphatic carbocycles. The van der Waals surface area contributed by atoms with Gasteiger partial charge in [-0.25, -0.2) is 4.39 Å². The van der Waals surface area contributed by atoms with E-state index in [4.69, 9.17) is 11.6 Å². The zero-order valence-corrected chi connectivity index (χ0v) is 16.9. The van der Waals surface area contributed by atoms with Gasteiger partial charge in [-0.05, 0) is 62.1 Å². The van der Waals surface area contributed by atoms with E-state index in [1.165, 1.54) is 12.3 Å². The second kappa shape index (κ2) is 8.35. The third-order valence-corrected chi connectivity index (χ3v) is 4.90. The number of pyridine rings is 1. The number of benzene rings is 2. The van der Waals surface area contributed by atoms with Crippen LogP contribution in [0.25, 0.3) is 10.9 Å². The van der Waals surface area contributed by atoms with Crippen molar-refractivity contribution in [1.82, 2.24) is 10.3 Å². The molecule has 7 heteroatoms. The fraction of sp³-hybridized carbons (Fsp3) is 0.273. The van der Waals surface area contributed by atoms with E-state index in [0.29, 0.717) is 28.9 Å². The summed E-state index contributed by atoms with van der Waals surface area (Å²) in [5.74, 6) is -1.11. The number of aryl methyl sites for hydroxylation is 1. The molecule has 2 aromatic carbocycles. The number of nitrogens with one attached hydrogen (secondary N) is 2. The smallest absolute Gasteiger partial charge is 0.257 e. The molecule has 0 saturated carbocycles. The van der Waals surface area contributed by atoms with E-state index in [0.717, 1.165) is 11.6 Å². The number of halogens is 2. The second-order valence-electron chi connectivity index (χ2n) is 7.64. The molecule has 0 spiro atoms. The van der Waals surface area contributed by atoms with Gasteiger partial charge in [0.15, 0.2) is 0 Å². The number of fused-ring (bicyclic) bond motifs is 1. The number of hydrogen-bond donors (Lipinski definition) is 3. The Bertz CT molecular complexity index is 1100. The van der Waals surface area contributed by atoms with Crippen LogP contribution in [0, 0.1) is 5.82 Å². The molecule has 1 amide bonds. The topological polar surface area (TPSA) is 82.2 Å². The molecule has 0 radical (unpaired) electrons. The van der Waals surface area contributed by atoms with Gasteiger partial charge < -0.3 is 15.4 Å². The quantitative estimate of drug-likeness (QED) is 0.569. The average Bonchev–Trinajstić information content (AvgIpc) is 2.65. The van der Waals surface area contributed by atoms with Gasteiger partial charge in [0.2, 0.25) is 5.43 Å². The molecule has 5 nitrogen and oxygen atoms in total. The van der Waals surface area contributed by atoms with Gasteiger partial charge in [0.1, 0.15) is 11.4 Å². The third-order valence-electron chi connectivity index (χ3n) is 4.65. The molecule has 0 bridgehead atoms. The molecular formula is C22H22ClFN2O3. The molecule has 3 rings (SSSR count). The van der Waals surface area contributed by atoms with E-state index in [9.17, 15) is 19.1 Å². The predicted molar refractivity (Wildman–Crippen MR) is 112 cm³/mol. The van der Waals surface area contributed by atoms with Crippen molar-refractivity contribution < 1.29 is 14.3 Å². The maximum Gasteiger partial charge on any atom is 0.257 e. The minimum Gasteiger partial charge on any atom is -0.390 e. The summed E-state index contributed by atoms with van der Waals surface area (Å²) in [6, 6.07) is 9.44. The van der Waals surface area contributed by atoms with Crippen LogP contribution >= 0.6 is 11.6 Å². The molecule has 152 valence electrons. The van der Waals surface area contributed by atoms with Gasteiger partial charge in [-0.1, -0.05) is 23.7 Å². The van der Waals surface area contributed by atoms with Gasteiger partial charge in [0, 0.05) is 23.2 Å². The first-order valence-corrected chi connectivity index (χ1v) is 9.61. The maximum atomic E-state index is 14.1. The fourth-order valence-electron chi connectivity index (χ4n) is 3.05. The second-order valence-corrected chi connectivity index (χ2v) is 8.08. The Kier molecular flexibility index (Phi) is 6.05. The minimum atomic E-state index is -0.916. The summed E-state index contributed by atoms with van der Waals surface area (Å²) in [5.41, 5.74) is 0.324. The highest BCUT2D eigenvalue weighted by molar-refractivity contribution is 6.30. The summed E-state index contributed by atoms with van der Waals surface area (Å²) in [5, 5.41) is 13.3. The van der Waals surface area contributed by atoms with Crippen LogP contribution in [0.15, 0.2) is 47.4 Å². The van der Waals surface area contributed by atoms with Gasteiger partial charge >= 0.3 is 0 Å². The number of amides is 1. The molecule has 1 aromatic heterocycles. The fourth-order valence-corrected chi connectivity index (χ4v) is 3.18. The standard InChI is InChI=1S/C22H22ClFN2O3/c1-22(2,29)8-7-14-9-16(24)10-17-19(14)25-12-18(20(17)27)21(28)26-11-13-3-5-15(23)6-4-13/h3-6,9-10,12,29H,7-8,11H2,1-2H3,(H,25,27)(H,26,28). The van der Waals surface area contributed by atoms with Crippen molar-refractivity contribution in [1.29, 1.82) is 0 Å². The molecule has 0 unspecified atom stereocenters. The molecular weight excluding hydrogens is 395 g/mol. The van der Waals surface area contributed by atoms with E-state index < -0.39 is 22.8 Å². The number of aromatic nitrogens is 1. The zero-order chi connectivity index (χ0) is 21.2. The van der Waals surface area contributed by atoms with Crippen LogP contribution < -0.4 is 10.7 Å². The summed E-state index contributed by atoms with van der Waals surface area (Å²) < 4.78 is 14.1. The van der Waals surface area contributed by atoms with Crippen LogP contribution in [0.1, 0.15) is 41.8 Å². The van der Waals surface area contributed by atoms with Gasteiger partial charge in [0.05, 0.1) is 11.1 Å². The number of aliphatic hydroxyl groups is 1. The van der Waals surface area contributed by atoms with Crippen molar-refractivity contribution in [2.24, 2.45) is 0 Å². The van der Waals surface area contributed by atoms with Crippen molar-refractivity contribution in [3.63, 3.8) is 0 Å². The molecule has 3 aromatic rings. The lowest BCUT2D eigenvalue weighted by Gasteiger charge is -2.17. The highest BCUT2D eigenvalue weighted by Crippen LogP contribution is 2.21. The summed E-state index contributed by atoms with van der Waals surface area (Å²) in [7, 11) is 0. The summed E-state index contributed by atoms with van der Waals surface area (Å²) >= 11 is 5.84. The van der Waals surface area contributed by atoms with Crippen molar-refractivity contribution in [3.05, 3.63) is 80.3 Å². The number of carbonyl (C=O) groups is 1. The molecule has 29 heavy (non-hydrogen) atoms. The highest BCUT2D eigenvalue weighted by atomic mass is 35.5. The first kappa shape index (κ1) is 21.0. The number of H-pyrrole nitrogens is 1. The first-order valence-electron chi connectivity index (χ1n) is 9.23. The molecule has 3 N–H and O–H groups in total. The Labute approximate surface area is 172 Å². The van der Waals surface area contributed by atoms with Gasteiger partial charge in [-0.15, -0.1) is 0 Å². The van der Waals surface area contributed by atoms with E-state index in [1.807, 2.05) is 0 Å². The number of rotatable bonds is 6. The van der Waals surface area contributed by atoms with E-state index >= 15 is 0 Å². The highest BCUT2D eigenvalue weighted by Gasteiger charge is 2.18. The summed E-state index contributed by atoms with van der Waals surface area (Å²) in [4.78, 5) is 28.3. The monoisotopic (exact) mass is 416 g/mol. The lowest BCUT2D eigenvalue weighted by atomic mass is 9.96. The zero-order valence-electron chi connectivity index (χ0n) is 16.2. The van der Waals surface area contributed by atoms with Crippen molar-refractivity contribution in [3.8, 4) is 0 Å². The maximum absolute atomic E-state index is 14.1. The molecule has 0 aliphatic heterocycles. The number of carbonyl (C=O) groups excluding carboxylic acids is 1. The van der Waals surface area contributed by atoms with Gasteiger partial charge in [-0.3, -0.25) is 9.59 Å². The summed E-state index contributed by atoms with van der Waals surface area (Å²) in [6.07, 6.45) is 2.13. The van der Waals surface area contributed by atoms with Crippen LogP contribution in [0.4, 0.5) is 4.39 Å². The first-order chi connectivity index (χ1) is 13.6. The Morgan fingerprint density at radius 1 is 1.24 bits per heavy atom. The largest absolute Gasteiger partial charge is 0.390 e. The average molecular weight is 417 g/mol. The van der Waals surface area contributed by atoms with Crippen LogP contribution in [-0.4, -0.2) is 21.6 Å². The molecule has 0 aliphatic rings. The van der Waals surface area contributed by atoms with Gasteiger partial charge in [-0.2, -0.15) is 0 Å². The Hall–Kier alpha value is -2.70. The number of hydrogen-bond acceptors (Lipinski definition) is 3. The molecule has 1 heterocycles. The van der Waals surface area contributed by atoms with Crippen molar-refractivity contribution in [2.75, 3.05) is 0 Å². The number of aromatic amines is 1. The lowest BCUT2D eigenvalue weighted by Crippen LogP contribution is -2.28. The molecule has 0 fully saturated rings. The van der Waals surface area contributed by atoms with Crippen LogP contribution in [-0.2, 0) is 13.0 Å². The summed E-state index contributed by atoms with van der Waals surface area (Å²) in [6.45, 7) is 3.56. The molecule has 0 saturated heterocycles. The normalized spacial score (nSPS) is 11.6. The SMILES string of the molecule is CC(C)(O)CCc1cc(F)cc2c(=O)c(C(=O)NCc3ccc(Cl)cc3)c[nH]c12. The lowest BCUT2D eigenvalue weighted by molar-refractivity contribution is 0.0714. The Morgan fingerprint density at radius 3 is 2.59 bits per heavy atom. The van der Waals surface area contributed by atoms with Crippen LogP contribution in [0.5, 0.6) is 0 Å².